The largest absolute Gasteiger partial charge is 0.389 e. The van der Waals surface area contributed by atoms with E-state index < -0.39 is 10.0 Å². The first-order chi connectivity index (χ1) is 9.85. The number of benzene rings is 1. The molecule has 3 N–H and O–H groups in total. The summed E-state index contributed by atoms with van der Waals surface area (Å²) in [5, 5.41) is 3.62. The molecule has 2 aromatic rings. The van der Waals surface area contributed by atoms with Crippen LogP contribution in [0.5, 0.6) is 0 Å². The van der Waals surface area contributed by atoms with Crippen LogP contribution in [0.1, 0.15) is 22.8 Å². The number of aryl methyl sites for hydroxylation is 1. The molecule has 0 aliphatic rings. The Morgan fingerprint density at radius 3 is 2.57 bits per heavy atom. The normalized spacial score (nSPS) is 11.5. The molecule has 2 rings (SSSR count). The van der Waals surface area contributed by atoms with E-state index in [0.29, 0.717) is 22.8 Å². The summed E-state index contributed by atoms with van der Waals surface area (Å²) in [4.78, 5) is 4.19. The first-order valence-corrected chi connectivity index (χ1v) is 8.07. The van der Waals surface area contributed by atoms with Gasteiger partial charge in [-0.15, -0.1) is 0 Å². The van der Waals surface area contributed by atoms with Crippen molar-refractivity contribution in [3.8, 4) is 0 Å². The lowest BCUT2D eigenvalue weighted by molar-refractivity contribution is 0.387. The zero-order valence-electron chi connectivity index (χ0n) is 11.2. The van der Waals surface area contributed by atoms with E-state index in [0.717, 1.165) is 0 Å². The van der Waals surface area contributed by atoms with Crippen molar-refractivity contribution in [3.63, 3.8) is 0 Å². The summed E-state index contributed by atoms with van der Waals surface area (Å²) in [5.74, 6) is 0.527. The Balaban J connectivity index is 1.98. The maximum Gasteiger partial charge on any atom is 0.223 e. The molecular weight excluding hydrogens is 312 g/mol. The van der Waals surface area contributed by atoms with Gasteiger partial charge in [0, 0.05) is 12.5 Å². The van der Waals surface area contributed by atoms with E-state index in [4.69, 9.17) is 22.5 Å². The van der Waals surface area contributed by atoms with Gasteiger partial charge in [0.05, 0.1) is 12.3 Å². The third kappa shape index (κ3) is 4.59. The van der Waals surface area contributed by atoms with Gasteiger partial charge < -0.3 is 10.3 Å². The zero-order valence-corrected chi connectivity index (χ0v) is 12.9. The van der Waals surface area contributed by atoms with E-state index in [-0.39, 0.29) is 17.3 Å². The summed E-state index contributed by atoms with van der Waals surface area (Å²) in [6, 6.07) is 6.73. The van der Waals surface area contributed by atoms with Gasteiger partial charge in [-0.3, -0.25) is 0 Å². The highest BCUT2D eigenvalue weighted by Crippen LogP contribution is 2.08. The van der Waals surface area contributed by atoms with E-state index in [9.17, 15) is 8.42 Å². The highest BCUT2D eigenvalue weighted by molar-refractivity contribution is 7.88. The Labute approximate surface area is 127 Å². The van der Waals surface area contributed by atoms with Crippen molar-refractivity contribution in [2.24, 2.45) is 5.73 Å². The quantitative estimate of drug-likeness (QED) is 0.749. The van der Waals surface area contributed by atoms with E-state index >= 15 is 0 Å². The number of rotatable bonds is 6. The van der Waals surface area contributed by atoms with Gasteiger partial charge in [0.1, 0.15) is 4.99 Å². The lowest BCUT2D eigenvalue weighted by Crippen LogP contribution is -2.25. The zero-order chi connectivity index (χ0) is 15.5. The Hall–Kier alpha value is -1.84. The first-order valence-electron chi connectivity index (χ1n) is 6.01. The van der Waals surface area contributed by atoms with Crippen LogP contribution in [0.2, 0.25) is 0 Å². The number of nitrogens with two attached hydrogens (primary N) is 1. The van der Waals surface area contributed by atoms with Crippen LogP contribution in [0.15, 0.2) is 28.8 Å². The number of thiocarbonyl (C=S) groups is 1. The van der Waals surface area contributed by atoms with Crippen molar-refractivity contribution in [3.05, 3.63) is 47.1 Å². The molecule has 0 amide bonds. The standard InChI is InChI=1S/C12H14N4O3S2/c1-8-15-11(16-19-8)6-14-21(17,18)7-9-2-4-10(5-3-9)12(13)20/h2-5,14H,6-7H2,1H3,(H2,13,20). The fourth-order valence-electron chi connectivity index (χ4n) is 1.62. The predicted octanol–water partition coefficient (Wildman–Crippen LogP) is 0.632. The lowest BCUT2D eigenvalue weighted by atomic mass is 10.1. The molecule has 0 saturated carbocycles. The topological polar surface area (TPSA) is 111 Å². The minimum atomic E-state index is -3.49. The predicted molar refractivity (Wildman–Crippen MR) is 80.8 cm³/mol. The van der Waals surface area contributed by atoms with Crippen molar-refractivity contribution < 1.29 is 12.9 Å². The first kappa shape index (κ1) is 15.5. The van der Waals surface area contributed by atoms with Crippen LogP contribution in [-0.4, -0.2) is 23.5 Å². The van der Waals surface area contributed by atoms with Crippen LogP contribution in [0.3, 0.4) is 0 Å². The second-order valence-corrected chi connectivity index (χ2v) is 6.62. The van der Waals surface area contributed by atoms with E-state index in [1.807, 2.05) is 0 Å². The second kappa shape index (κ2) is 6.29. The highest BCUT2D eigenvalue weighted by Gasteiger charge is 2.13. The van der Waals surface area contributed by atoms with Crippen LogP contribution >= 0.6 is 12.2 Å². The van der Waals surface area contributed by atoms with Crippen molar-refractivity contribution in [2.75, 3.05) is 0 Å². The molecule has 0 unspecified atom stereocenters. The van der Waals surface area contributed by atoms with Gasteiger partial charge in [0.25, 0.3) is 0 Å². The molecule has 7 nitrogen and oxygen atoms in total. The fraction of sp³-hybridized carbons (Fsp3) is 0.250. The Bertz CT molecular complexity index is 738. The summed E-state index contributed by atoms with van der Waals surface area (Å²) in [6.07, 6.45) is 0. The van der Waals surface area contributed by atoms with Gasteiger partial charge in [-0.25, -0.2) is 13.1 Å². The van der Waals surface area contributed by atoms with Crippen molar-refractivity contribution >= 4 is 27.2 Å². The highest BCUT2D eigenvalue weighted by atomic mass is 32.2. The number of hydrogen-bond donors (Lipinski definition) is 2. The number of nitrogens with one attached hydrogen (secondary N) is 1. The Kier molecular flexibility index (Phi) is 4.66. The van der Waals surface area contributed by atoms with Crippen LogP contribution < -0.4 is 10.5 Å². The molecule has 0 aliphatic heterocycles. The van der Waals surface area contributed by atoms with E-state index in [1.54, 1.807) is 31.2 Å². The van der Waals surface area contributed by atoms with Crippen molar-refractivity contribution in [2.45, 2.75) is 19.2 Å². The van der Waals surface area contributed by atoms with Gasteiger partial charge in [0.2, 0.25) is 15.9 Å². The van der Waals surface area contributed by atoms with Gasteiger partial charge in [-0.1, -0.05) is 41.6 Å². The van der Waals surface area contributed by atoms with E-state index in [2.05, 4.69) is 14.9 Å². The Morgan fingerprint density at radius 1 is 1.38 bits per heavy atom. The third-order valence-electron chi connectivity index (χ3n) is 2.61. The third-order valence-corrected chi connectivity index (χ3v) is 4.15. The van der Waals surface area contributed by atoms with Crippen molar-refractivity contribution in [1.29, 1.82) is 0 Å². The van der Waals surface area contributed by atoms with Crippen LogP contribution in [-0.2, 0) is 22.3 Å². The maximum atomic E-state index is 12.0. The second-order valence-electron chi connectivity index (χ2n) is 4.37. The van der Waals surface area contributed by atoms with Crippen LogP contribution in [0.4, 0.5) is 0 Å². The molecule has 112 valence electrons. The molecule has 1 heterocycles. The summed E-state index contributed by atoms with van der Waals surface area (Å²) in [6.45, 7) is 1.62. The molecule has 1 aromatic heterocycles. The van der Waals surface area contributed by atoms with Crippen molar-refractivity contribution in [1.82, 2.24) is 14.9 Å². The molecule has 1 aromatic carbocycles. The molecule has 0 fully saturated rings. The van der Waals surface area contributed by atoms with Crippen LogP contribution in [0.25, 0.3) is 0 Å². The molecule has 0 aliphatic carbocycles. The molecular formula is C12H14N4O3S2. The minimum Gasteiger partial charge on any atom is -0.389 e. The smallest absolute Gasteiger partial charge is 0.223 e. The summed E-state index contributed by atoms with van der Waals surface area (Å²) in [5.41, 5.74) is 6.81. The molecule has 0 saturated heterocycles. The average Bonchev–Trinajstić information content (AvgIpc) is 2.83. The van der Waals surface area contributed by atoms with Gasteiger partial charge in [-0.05, 0) is 5.56 Å². The molecule has 0 atom stereocenters. The maximum absolute atomic E-state index is 12.0. The molecule has 0 bridgehead atoms. The Morgan fingerprint density at radius 2 is 2.05 bits per heavy atom. The fourth-order valence-corrected chi connectivity index (χ4v) is 2.84. The van der Waals surface area contributed by atoms with Crippen LogP contribution in [0, 0.1) is 6.92 Å². The van der Waals surface area contributed by atoms with Gasteiger partial charge in [-0.2, -0.15) is 4.98 Å². The van der Waals surface area contributed by atoms with Gasteiger partial charge in [0.15, 0.2) is 5.82 Å². The molecule has 21 heavy (non-hydrogen) atoms. The average molecular weight is 326 g/mol. The monoisotopic (exact) mass is 326 g/mol. The number of nitrogens with zero attached hydrogens (tertiary/aromatic N) is 2. The minimum absolute atomic E-state index is 0.00928. The molecule has 9 heteroatoms. The molecule has 0 radical (unpaired) electrons. The molecule has 0 spiro atoms. The number of hydrogen-bond acceptors (Lipinski definition) is 6. The van der Waals surface area contributed by atoms with E-state index in [1.165, 1.54) is 0 Å². The summed E-state index contributed by atoms with van der Waals surface area (Å²) >= 11 is 4.84. The van der Waals surface area contributed by atoms with Gasteiger partial charge >= 0.3 is 0 Å². The number of sulfonamides is 1. The summed E-state index contributed by atoms with van der Waals surface area (Å²) in [7, 11) is -3.49. The lowest BCUT2D eigenvalue weighted by Gasteiger charge is -2.05. The summed E-state index contributed by atoms with van der Waals surface area (Å²) < 4.78 is 31.1. The SMILES string of the molecule is Cc1nc(CNS(=O)(=O)Cc2ccc(C(N)=S)cc2)no1. The number of aromatic nitrogens is 2.